The molecule has 0 heterocycles. The molecule has 0 bridgehead atoms. The van der Waals surface area contributed by atoms with Gasteiger partial charge in [-0.1, -0.05) is 29.8 Å². The van der Waals surface area contributed by atoms with Crippen molar-refractivity contribution in [3.8, 4) is 0 Å². The van der Waals surface area contributed by atoms with Gasteiger partial charge in [0.05, 0.1) is 0 Å². The summed E-state index contributed by atoms with van der Waals surface area (Å²) in [6, 6.07) is 7.23. The second kappa shape index (κ2) is 6.19. The van der Waals surface area contributed by atoms with Crippen molar-refractivity contribution in [2.24, 2.45) is 0 Å². The standard InChI is InChI=1S/C17H25N/c1-13-8-9-17(12-14(13)2)15(3)18-11-10-16-6-4-5-7-16/h6,8-9,12,15,18H,4-5,7,10-11H2,1-3H3. The molecular weight excluding hydrogens is 218 g/mol. The lowest BCUT2D eigenvalue weighted by atomic mass is 10.0. The van der Waals surface area contributed by atoms with Crippen molar-refractivity contribution in [3.05, 3.63) is 46.5 Å². The van der Waals surface area contributed by atoms with Gasteiger partial charge in [-0.2, -0.15) is 0 Å². The van der Waals surface area contributed by atoms with Gasteiger partial charge in [-0.15, -0.1) is 0 Å². The zero-order valence-corrected chi connectivity index (χ0v) is 11.9. The van der Waals surface area contributed by atoms with Crippen LogP contribution < -0.4 is 5.32 Å². The molecule has 1 N–H and O–H groups in total. The van der Waals surface area contributed by atoms with Crippen molar-refractivity contribution in [1.82, 2.24) is 5.32 Å². The Bertz CT molecular complexity index is 431. The third-order valence-electron chi connectivity index (χ3n) is 4.06. The summed E-state index contributed by atoms with van der Waals surface area (Å²) in [4.78, 5) is 0. The predicted octanol–water partition coefficient (Wildman–Crippen LogP) is 4.45. The summed E-state index contributed by atoms with van der Waals surface area (Å²) in [5, 5.41) is 3.63. The van der Waals surface area contributed by atoms with Crippen LogP contribution in [0.2, 0.25) is 0 Å². The van der Waals surface area contributed by atoms with Gasteiger partial charge in [0.1, 0.15) is 0 Å². The number of hydrogen-bond acceptors (Lipinski definition) is 1. The SMILES string of the molecule is Cc1ccc(C(C)NCCC2=CCCC2)cc1C. The van der Waals surface area contributed by atoms with E-state index in [-0.39, 0.29) is 0 Å². The quantitative estimate of drug-likeness (QED) is 0.753. The van der Waals surface area contributed by atoms with Gasteiger partial charge in [-0.3, -0.25) is 0 Å². The smallest absolute Gasteiger partial charge is 0.0292 e. The van der Waals surface area contributed by atoms with Gasteiger partial charge in [0.25, 0.3) is 0 Å². The molecule has 0 aliphatic heterocycles. The van der Waals surface area contributed by atoms with Gasteiger partial charge in [0.15, 0.2) is 0 Å². The Hall–Kier alpha value is -1.08. The first-order chi connectivity index (χ1) is 8.66. The van der Waals surface area contributed by atoms with Gasteiger partial charge in [-0.05, 0) is 69.7 Å². The first kappa shape index (κ1) is 13.4. The fourth-order valence-corrected chi connectivity index (χ4v) is 2.57. The molecule has 0 spiro atoms. The van der Waals surface area contributed by atoms with Crippen LogP contribution >= 0.6 is 0 Å². The molecule has 0 saturated carbocycles. The van der Waals surface area contributed by atoms with E-state index < -0.39 is 0 Å². The maximum absolute atomic E-state index is 3.63. The number of hydrogen-bond donors (Lipinski definition) is 1. The fraction of sp³-hybridized carbons (Fsp3) is 0.529. The van der Waals surface area contributed by atoms with Crippen LogP contribution in [0.3, 0.4) is 0 Å². The van der Waals surface area contributed by atoms with Crippen LogP contribution in [0.1, 0.15) is 55.3 Å². The van der Waals surface area contributed by atoms with Gasteiger partial charge in [0.2, 0.25) is 0 Å². The van der Waals surface area contributed by atoms with E-state index in [1.54, 1.807) is 5.57 Å². The molecule has 2 rings (SSSR count). The van der Waals surface area contributed by atoms with Crippen molar-refractivity contribution in [2.75, 3.05) is 6.54 Å². The van der Waals surface area contributed by atoms with Crippen molar-refractivity contribution >= 4 is 0 Å². The molecule has 98 valence electrons. The maximum Gasteiger partial charge on any atom is 0.0292 e. The van der Waals surface area contributed by atoms with Gasteiger partial charge in [-0.25, -0.2) is 0 Å². The second-order valence-corrected chi connectivity index (χ2v) is 5.52. The summed E-state index contributed by atoms with van der Waals surface area (Å²) in [6.45, 7) is 7.71. The molecule has 18 heavy (non-hydrogen) atoms. The van der Waals surface area contributed by atoms with Gasteiger partial charge < -0.3 is 5.32 Å². The van der Waals surface area contributed by atoms with E-state index in [0.29, 0.717) is 6.04 Å². The Balaban J connectivity index is 1.83. The number of benzene rings is 1. The van der Waals surface area contributed by atoms with Crippen LogP contribution in [-0.2, 0) is 0 Å². The van der Waals surface area contributed by atoms with Crippen LogP contribution in [0.25, 0.3) is 0 Å². The topological polar surface area (TPSA) is 12.0 Å². The summed E-state index contributed by atoms with van der Waals surface area (Å²) in [5.74, 6) is 0. The highest BCUT2D eigenvalue weighted by molar-refractivity contribution is 5.31. The summed E-state index contributed by atoms with van der Waals surface area (Å²) in [6.07, 6.45) is 7.61. The zero-order valence-electron chi connectivity index (χ0n) is 11.9. The Morgan fingerprint density at radius 3 is 2.72 bits per heavy atom. The van der Waals surface area contributed by atoms with E-state index in [0.717, 1.165) is 6.54 Å². The molecule has 0 aromatic heterocycles. The number of rotatable bonds is 5. The van der Waals surface area contributed by atoms with Crippen LogP contribution in [0.4, 0.5) is 0 Å². The Labute approximate surface area is 111 Å². The van der Waals surface area contributed by atoms with E-state index in [2.05, 4.69) is 50.4 Å². The third kappa shape index (κ3) is 3.46. The number of aryl methyl sites for hydroxylation is 2. The van der Waals surface area contributed by atoms with E-state index >= 15 is 0 Å². The minimum atomic E-state index is 0.450. The average molecular weight is 243 g/mol. The molecule has 1 aliphatic rings. The molecule has 1 aliphatic carbocycles. The molecule has 0 radical (unpaired) electrons. The molecular formula is C17H25N. The minimum absolute atomic E-state index is 0.450. The van der Waals surface area contributed by atoms with Gasteiger partial charge in [0, 0.05) is 6.04 Å². The molecule has 1 unspecified atom stereocenters. The summed E-state index contributed by atoms with van der Waals surface area (Å²) in [5.41, 5.74) is 5.81. The normalized spacial score (nSPS) is 16.7. The first-order valence-electron chi connectivity index (χ1n) is 7.15. The maximum atomic E-state index is 3.63. The van der Waals surface area contributed by atoms with Gasteiger partial charge >= 0.3 is 0 Å². The largest absolute Gasteiger partial charge is 0.310 e. The third-order valence-corrected chi connectivity index (χ3v) is 4.06. The van der Waals surface area contributed by atoms with Crippen molar-refractivity contribution in [2.45, 2.75) is 52.5 Å². The molecule has 1 aromatic carbocycles. The minimum Gasteiger partial charge on any atom is -0.310 e. The van der Waals surface area contributed by atoms with Crippen molar-refractivity contribution in [3.63, 3.8) is 0 Å². The zero-order chi connectivity index (χ0) is 13.0. The average Bonchev–Trinajstić information content (AvgIpc) is 2.85. The molecule has 1 heteroatoms. The van der Waals surface area contributed by atoms with E-state index in [1.807, 2.05) is 0 Å². The first-order valence-corrected chi connectivity index (χ1v) is 7.15. The monoisotopic (exact) mass is 243 g/mol. The van der Waals surface area contributed by atoms with Crippen molar-refractivity contribution in [1.29, 1.82) is 0 Å². The molecule has 1 aromatic rings. The molecule has 0 fully saturated rings. The summed E-state index contributed by atoms with van der Waals surface area (Å²) < 4.78 is 0. The molecule has 1 nitrogen and oxygen atoms in total. The lowest BCUT2D eigenvalue weighted by Gasteiger charge is -2.16. The lowest BCUT2D eigenvalue weighted by molar-refractivity contribution is 0.572. The Morgan fingerprint density at radius 1 is 1.22 bits per heavy atom. The lowest BCUT2D eigenvalue weighted by Crippen LogP contribution is -2.20. The fourth-order valence-electron chi connectivity index (χ4n) is 2.57. The Morgan fingerprint density at radius 2 is 2.06 bits per heavy atom. The number of allylic oxidation sites excluding steroid dienone is 1. The highest BCUT2D eigenvalue weighted by Crippen LogP contribution is 2.21. The second-order valence-electron chi connectivity index (χ2n) is 5.52. The Kier molecular flexibility index (Phi) is 4.60. The van der Waals surface area contributed by atoms with Crippen LogP contribution in [0.5, 0.6) is 0 Å². The number of nitrogens with one attached hydrogen (secondary N) is 1. The van der Waals surface area contributed by atoms with Crippen LogP contribution in [0, 0.1) is 13.8 Å². The van der Waals surface area contributed by atoms with E-state index in [9.17, 15) is 0 Å². The molecule has 0 amide bonds. The summed E-state index contributed by atoms with van der Waals surface area (Å²) >= 11 is 0. The molecule has 1 atom stereocenters. The highest BCUT2D eigenvalue weighted by atomic mass is 14.9. The van der Waals surface area contributed by atoms with Crippen molar-refractivity contribution < 1.29 is 0 Å². The summed E-state index contributed by atoms with van der Waals surface area (Å²) in [7, 11) is 0. The van der Waals surface area contributed by atoms with E-state index in [4.69, 9.17) is 0 Å². The van der Waals surface area contributed by atoms with E-state index in [1.165, 1.54) is 42.4 Å². The van der Waals surface area contributed by atoms with Crippen LogP contribution in [-0.4, -0.2) is 6.54 Å². The van der Waals surface area contributed by atoms with Crippen LogP contribution in [0.15, 0.2) is 29.8 Å². The predicted molar refractivity (Wildman–Crippen MR) is 78.9 cm³/mol. The molecule has 0 saturated heterocycles. The highest BCUT2D eigenvalue weighted by Gasteiger charge is 2.07.